The molecule has 1 aromatic heterocycles. The average Bonchev–Trinajstić information content (AvgIpc) is 3.26. The van der Waals surface area contributed by atoms with Gasteiger partial charge in [0.15, 0.2) is 0 Å². The largest absolute Gasteiger partial charge is 0.381 e. The molecule has 1 aromatic rings. The van der Waals surface area contributed by atoms with Crippen molar-refractivity contribution in [2.45, 2.75) is 12.8 Å². The molecule has 1 fully saturated rings. The fourth-order valence-corrected chi connectivity index (χ4v) is 1.75. The smallest absolute Gasteiger partial charge is 0.239 e. The van der Waals surface area contributed by atoms with Crippen molar-refractivity contribution < 1.29 is 4.79 Å². The normalized spacial score (nSPS) is 14.8. The van der Waals surface area contributed by atoms with E-state index in [1.807, 2.05) is 6.07 Å². The minimum atomic E-state index is -0.369. The van der Waals surface area contributed by atoms with E-state index in [4.69, 9.17) is 22.1 Å². The highest BCUT2D eigenvalue weighted by Gasteiger charge is 2.42. The van der Waals surface area contributed by atoms with E-state index in [2.05, 4.69) is 21.7 Å². The van der Waals surface area contributed by atoms with Crippen LogP contribution in [0.3, 0.4) is 0 Å². The van der Waals surface area contributed by atoms with Gasteiger partial charge in [-0.05, 0) is 12.8 Å². The summed E-state index contributed by atoms with van der Waals surface area (Å²) in [5.41, 5.74) is 0.892. The van der Waals surface area contributed by atoms with Crippen LogP contribution in [0, 0.1) is 28.1 Å². The number of nitrogens with zero attached hydrogens (tertiary/aromatic N) is 3. The maximum Gasteiger partial charge on any atom is 0.239 e. The van der Waals surface area contributed by atoms with E-state index in [9.17, 15) is 4.79 Å². The van der Waals surface area contributed by atoms with E-state index in [0.29, 0.717) is 17.9 Å². The molecule has 1 saturated carbocycles. The lowest BCUT2D eigenvalue weighted by molar-refractivity contribution is -0.113. The summed E-state index contributed by atoms with van der Waals surface area (Å²) in [7, 11) is 0. The van der Waals surface area contributed by atoms with E-state index in [1.54, 1.807) is 0 Å². The monoisotopic (exact) mass is 289 g/mol. The Kier molecular flexibility index (Phi) is 4.07. The molecule has 0 spiro atoms. The first-order chi connectivity index (χ1) is 9.62. The summed E-state index contributed by atoms with van der Waals surface area (Å²) in [5.74, 6) is -0.544. The highest BCUT2D eigenvalue weighted by atomic mass is 35.5. The lowest BCUT2D eigenvalue weighted by Gasteiger charge is -2.14. The molecule has 0 bridgehead atoms. The van der Waals surface area contributed by atoms with Crippen LogP contribution in [0.1, 0.15) is 18.5 Å². The van der Waals surface area contributed by atoms with Crippen LogP contribution in [0.25, 0.3) is 0 Å². The molecular weight excluding hydrogens is 278 g/mol. The van der Waals surface area contributed by atoms with Crippen LogP contribution in [0.5, 0.6) is 0 Å². The fraction of sp³-hybridized carbons (Fsp3) is 0.385. The van der Waals surface area contributed by atoms with Crippen LogP contribution >= 0.6 is 11.6 Å². The molecule has 1 heterocycles. The van der Waals surface area contributed by atoms with E-state index < -0.39 is 0 Å². The number of alkyl halides is 1. The molecule has 0 unspecified atom stereocenters. The topological polar surface area (TPSA) is 102 Å². The molecule has 20 heavy (non-hydrogen) atoms. The van der Waals surface area contributed by atoms with Gasteiger partial charge >= 0.3 is 0 Å². The maximum atomic E-state index is 11.4. The zero-order valence-electron chi connectivity index (χ0n) is 10.6. The second-order valence-electron chi connectivity index (χ2n) is 4.65. The zero-order valence-corrected chi connectivity index (χ0v) is 11.4. The van der Waals surface area contributed by atoms with Gasteiger partial charge < -0.3 is 10.6 Å². The van der Waals surface area contributed by atoms with Gasteiger partial charge in [0.25, 0.3) is 0 Å². The minimum absolute atomic E-state index is 0.175. The Labute approximate surface area is 121 Å². The van der Waals surface area contributed by atoms with Gasteiger partial charge in [-0.2, -0.15) is 10.5 Å². The first-order valence-corrected chi connectivity index (χ1v) is 6.57. The molecule has 0 saturated heterocycles. The van der Waals surface area contributed by atoms with Crippen molar-refractivity contribution in [2.75, 3.05) is 23.1 Å². The number of rotatable bonds is 5. The van der Waals surface area contributed by atoms with E-state index in [-0.39, 0.29) is 22.9 Å². The van der Waals surface area contributed by atoms with Gasteiger partial charge in [0, 0.05) is 12.6 Å². The number of carbonyl (C=O) groups is 1. The van der Waals surface area contributed by atoms with Crippen LogP contribution in [0.15, 0.2) is 12.3 Å². The van der Waals surface area contributed by atoms with Gasteiger partial charge in [0.2, 0.25) is 5.91 Å². The molecule has 2 N–H and O–H groups in total. The first kappa shape index (κ1) is 14.1. The van der Waals surface area contributed by atoms with Crippen LogP contribution in [-0.2, 0) is 4.79 Å². The van der Waals surface area contributed by atoms with Crippen LogP contribution in [-0.4, -0.2) is 23.3 Å². The molecule has 0 atom stereocenters. The summed E-state index contributed by atoms with van der Waals surface area (Å²) in [6.45, 7) is 0.487. The number of hydrogen-bond donors (Lipinski definition) is 2. The van der Waals surface area contributed by atoms with Crippen molar-refractivity contribution in [1.29, 1.82) is 10.5 Å². The molecule has 0 radical (unpaired) electrons. The van der Waals surface area contributed by atoms with E-state index in [1.165, 1.54) is 12.3 Å². The molecule has 1 aliphatic carbocycles. The van der Waals surface area contributed by atoms with Crippen molar-refractivity contribution in [3.8, 4) is 12.1 Å². The van der Waals surface area contributed by atoms with E-state index >= 15 is 0 Å². The quantitative estimate of drug-likeness (QED) is 0.805. The highest BCUT2D eigenvalue weighted by Crippen LogP contribution is 2.45. The van der Waals surface area contributed by atoms with Gasteiger partial charge in [-0.1, -0.05) is 0 Å². The molecule has 1 aliphatic rings. The second-order valence-corrected chi connectivity index (χ2v) is 4.92. The van der Waals surface area contributed by atoms with Gasteiger partial charge in [0.1, 0.15) is 17.6 Å². The van der Waals surface area contributed by atoms with Crippen molar-refractivity contribution in [2.24, 2.45) is 5.41 Å². The molecule has 102 valence electrons. The Balaban J connectivity index is 2.16. The Morgan fingerprint density at radius 3 is 2.75 bits per heavy atom. The summed E-state index contributed by atoms with van der Waals surface area (Å²) < 4.78 is 0. The summed E-state index contributed by atoms with van der Waals surface area (Å²) in [6.07, 6.45) is 3.20. The molecule has 7 heteroatoms. The average molecular weight is 290 g/mol. The predicted molar refractivity (Wildman–Crippen MR) is 74.1 cm³/mol. The lowest BCUT2D eigenvalue weighted by Crippen LogP contribution is -2.18. The number of carbonyl (C=O) groups excluding carboxylic acids is 1. The van der Waals surface area contributed by atoms with Crippen molar-refractivity contribution in [3.63, 3.8) is 0 Å². The van der Waals surface area contributed by atoms with Crippen LogP contribution < -0.4 is 10.6 Å². The van der Waals surface area contributed by atoms with Crippen molar-refractivity contribution in [3.05, 3.63) is 18.0 Å². The maximum absolute atomic E-state index is 11.4. The molecule has 6 nitrogen and oxygen atoms in total. The third kappa shape index (κ3) is 3.17. The molecule has 2 rings (SSSR count). The fourth-order valence-electron chi connectivity index (χ4n) is 1.69. The number of amides is 1. The number of aromatic nitrogens is 1. The number of halogens is 1. The summed E-state index contributed by atoms with van der Waals surface area (Å²) in [4.78, 5) is 15.3. The van der Waals surface area contributed by atoms with Crippen molar-refractivity contribution in [1.82, 2.24) is 4.98 Å². The Morgan fingerprint density at radius 2 is 2.20 bits per heavy atom. The SMILES string of the molecule is N#Cc1cc(NC(=O)CCl)c(NCC2(C#N)CC2)cn1. The standard InChI is InChI=1S/C13H12ClN5O/c14-4-12(20)19-10-3-9(5-15)17-6-11(10)18-8-13(7-16)1-2-13/h3,6,18H,1-2,4,8H2,(H,17,19,20). The van der Waals surface area contributed by atoms with E-state index in [0.717, 1.165) is 12.8 Å². The summed E-state index contributed by atoms with van der Waals surface area (Å²) >= 11 is 5.45. The Morgan fingerprint density at radius 1 is 1.45 bits per heavy atom. The third-order valence-electron chi connectivity index (χ3n) is 3.12. The predicted octanol–water partition coefficient (Wildman–Crippen LogP) is 1.85. The minimum Gasteiger partial charge on any atom is -0.381 e. The third-order valence-corrected chi connectivity index (χ3v) is 3.36. The second kappa shape index (κ2) is 5.77. The van der Waals surface area contributed by atoms with Gasteiger partial charge in [0.05, 0.1) is 29.1 Å². The lowest BCUT2D eigenvalue weighted by atomic mass is 10.1. The van der Waals surface area contributed by atoms with Gasteiger partial charge in [-0.25, -0.2) is 4.98 Å². The number of pyridine rings is 1. The number of nitrogens with one attached hydrogen (secondary N) is 2. The number of nitriles is 2. The zero-order chi connectivity index (χ0) is 14.6. The molecular formula is C13H12ClN5O. The Hall–Kier alpha value is -2.31. The summed E-state index contributed by atoms with van der Waals surface area (Å²) in [6, 6.07) is 5.65. The van der Waals surface area contributed by atoms with Gasteiger partial charge in [-0.15, -0.1) is 11.6 Å². The summed E-state index contributed by atoms with van der Waals surface area (Å²) in [5, 5.41) is 23.6. The molecule has 0 aliphatic heterocycles. The molecule has 1 amide bonds. The van der Waals surface area contributed by atoms with Gasteiger partial charge in [-0.3, -0.25) is 4.79 Å². The Bertz CT molecular complexity index is 612. The number of anilines is 2. The molecule has 0 aromatic carbocycles. The van der Waals surface area contributed by atoms with Crippen LogP contribution in [0.2, 0.25) is 0 Å². The van der Waals surface area contributed by atoms with Crippen molar-refractivity contribution >= 4 is 28.9 Å². The highest BCUT2D eigenvalue weighted by molar-refractivity contribution is 6.29. The number of hydrogen-bond acceptors (Lipinski definition) is 5. The van der Waals surface area contributed by atoms with Crippen LogP contribution in [0.4, 0.5) is 11.4 Å². The first-order valence-electron chi connectivity index (χ1n) is 6.03.